The number of amides is 1. The average Bonchev–Trinajstić information content (AvgIpc) is 3.22. The van der Waals surface area contributed by atoms with Crippen LogP contribution in [0.25, 0.3) is 0 Å². The van der Waals surface area contributed by atoms with Crippen LogP contribution in [0.15, 0.2) is 42.7 Å². The normalized spacial score (nSPS) is 24.1. The number of aryl methyl sites for hydroxylation is 1. The summed E-state index contributed by atoms with van der Waals surface area (Å²) < 4.78 is 1.91. The maximum absolute atomic E-state index is 12.6. The number of fused-ring (bicyclic) bond motifs is 1. The van der Waals surface area contributed by atoms with Gasteiger partial charge in [0.05, 0.1) is 5.69 Å². The highest BCUT2D eigenvalue weighted by molar-refractivity contribution is 5.93. The van der Waals surface area contributed by atoms with Crippen molar-refractivity contribution in [1.29, 1.82) is 0 Å². The standard InChI is InChI=1S/C18H22N4O/c1-20-8-4-6-17(20)18(23)22-11-14-9-21(10-15(14)12-22)13-16-5-2-3-7-19-16/h2-8,14-15H,9-13H2,1H3/t14-,15-/m0/s1. The SMILES string of the molecule is Cn1cccc1C(=O)N1C[C@@H]2CN(Cc3ccccn3)C[C@H]2C1. The maximum atomic E-state index is 12.6. The zero-order valence-electron chi connectivity index (χ0n) is 13.4. The van der Waals surface area contributed by atoms with Gasteiger partial charge in [0.25, 0.3) is 5.91 Å². The van der Waals surface area contributed by atoms with Crippen LogP contribution in [0, 0.1) is 11.8 Å². The number of carbonyl (C=O) groups is 1. The third-order valence-corrected chi connectivity index (χ3v) is 5.12. The summed E-state index contributed by atoms with van der Waals surface area (Å²) >= 11 is 0. The van der Waals surface area contributed by atoms with E-state index in [0.29, 0.717) is 11.8 Å². The van der Waals surface area contributed by atoms with Crippen molar-refractivity contribution in [3.05, 3.63) is 54.1 Å². The Hall–Kier alpha value is -2.14. The smallest absolute Gasteiger partial charge is 0.270 e. The monoisotopic (exact) mass is 310 g/mol. The third kappa shape index (κ3) is 2.77. The van der Waals surface area contributed by atoms with E-state index in [2.05, 4.69) is 16.0 Å². The second-order valence-corrected chi connectivity index (χ2v) is 6.75. The van der Waals surface area contributed by atoms with E-state index in [1.54, 1.807) is 0 Å². The lowest BCUT2D eigenvalue weighted by molar-refractivity contribution is 0.0764. The first kappa shape index (κ1) is 14.5. The van der Waals surface area contributed by atoms with Gasteiger partial charge in [-0.25, -0.2) is 0 Å². The van der Waals surface area contributed by atoms with Crippen molar-refractivity contribution in [3.63, 3.8) is 0 Å². The van der Waals surface area contributed by atoms with Crippen LogP contribution in [0.4, 0.5) is 0 Å². The fourth-order valence-electron chi connectivity index (χ4n) is 3.95. The average molecular weight is 310 g/mol. The Morgan fingerprint density at radius 3 is 2.52 bits per heavy atom. The molecule has 2 aromatic rings. The fraction of sp³-hybridized carbons (Fsp3) is 0.444. The number of carbonyl (C=O) groups excluding carboxylic acids is 1. The minimum Gasteiger partial charge on any atom is -0.347 e. The van der Waals surface area contributed by atoms with Gasteiger partial charge >= 0.3 is 0 Å². The molecule has 0 saturated carbocycles. The molecule has 4 rings (SSSR count). The lowest BCUT2D eigenvalue weighted by Crippen LogP contribution is -2.34. The molecule has 4 heterocycles. The van der Waals surface area contributed by atoms with Crippen molar-refractivity contribution in [2.24, 2.45) is 18.9 Å². The lowest BCUT2D eigenvalue weighted by atomic mass is 10.0. The van der Waals surface area contributed by atoms with Gasteiger partial charge in [-0.15, -0.1) is 0 Å². The topological polar surface area (TPSA) is 41.4 Å². The van der Waals surface area contributed by atoms with Crippen LogP contribution in [-0.2, 0) is 13.6 Å². The molecule has 5 nitrogen and oxygen atoms in total. The summed E-state index contributed by atoms with van der Waals surface area (Å²) in [4.78, 5) is 21.5. The molecule has 0 aliphatic carbocycles. The lowest BCUT2D eigenvalue weighted by Gasteiger charge is -2.21. The van der Waals surface area contributed by atoms with E-state index in [9.17, 15) is 4.79 Å². The number of nitrogens with zero attached hydrogens (tertiary/aromatic N) is 4. The Balaban J connectivity index is 1.37. The molecule has 120 valence electrons. The number of aromatic nitrogens is 2. The molecule has 0 N–H and O–H groups in total. The van der Waals surface area contributed by atoms with Crippen LogP contribution in [0.1, 0.15) is 16.2 Å². The predicted molar refractivity (Wildman–Crippen MR) is 87.8 cm³/mol. The molecule has 2 saturated heterocycles. The summed E-state index contributed by atoms with van der Waals surface area (Å²) in [7, 11) is 1.93. The molecule has 0 bridgehead atoms. The molecule has 2 aliphatic rings. The van der Waals surface area contributed by atoms with Gasteiger partial charge in [-0.05, 0) is 36.1 Å². The number of rotatable bonds is 3. The van der Waals surface area contributed by atoms with Gasteiger partial charge in [0.2, 0.25) is 0 Å². The minimum absolute atomic E-state index is 0.170. The van der Waals surface area contributed by atoms with E-state index >= 15 is 0 Å². The Morgan fingerprint density at radius 2 is 1.91 bits per heavy atom. The number of hydrogen-bond acceptors (Lipinski definition) is 3. The highest BCUT2D eigenvalue weighted by Gasteiger charge is 2.41. The molecule has 2 aromatic heterocycles. The highest BCUT2D eigenvalue weighted by Crippen LogP contribution is 2.32. The van der Waals surface area contributed by atoms with Crippen molar-refractivity contribution in [2.45, 2.75) is 6.54 Å². The van der Waals surface area contributed by atoms with Crippen molar-refractivity contribution in [3.8, 4) is 0 Å². The summed E-state index contributed by atoms with van der Waals surface area (Å²) in [5.41, 5.74) is 1.92. The summed E-state index contributed by atoms with van der Waals surface area (Å²) in [6, 6.07) is 9.91. The molecule has 0 spiro atoms. The largest absolute Gasteiger partial charge is 0.347 e. The first-order chi connectivity index (χ1) is 11.2. The van der Waals surface area contributed by atoms with Crippen LogP contribution >= 0.6 is 0 Å². The molecule has 0 radical (unpaired) electrons. The fourth-order valence-corrected chi connectivity index (χ4v) is 3.95. The maximum Gasteiger partial charge on any atom is 0.270 e. The second-order valence-electron chi connectivity index (χ2n) is 6.75. The van der Waals surface area contributed by atoms with Crippen molar-refractivity contribution in [1.82, 2.24) is 19.4 Å². The number of pyridine rings is 1. The highest BCUT2D eigenvalue weighted by atomic mass is 16.2. The van der Waals surface area contributed by atoms with E-state index in [-0.39, 0.29) is 5.91 Å². The molecule has 1 amide bonds. The van der Waals surface area contributed by atoms with Gasteiger partial charge in [0.15, 0.2) is 0 Å². The molecule has 0 aromatic carbocycles. The molecule has 2 aliphatic heterocycles. The Bertz CT molecular complexity index is 682. The first-order valence-corrected chi connectivity index (χ1v) is 8.23. The van der Waals surface area contributed by atoms with Gasteiger partial charge in [-0.2, -0.15) is 0 Å². The van der Waals surface area contributed by atoms with E-state index in [4.69, 9.17) is 0 Å². The molecule has 23 heavy (non-hydrogen) atoms. The minimum atomic E-state index is 0.170. The molecule has 5 heteroatoms. The Morgan fingerprint density at radius 1 is 1.13 bits per heavy atom. The Kier molecular flexibility index (Phi) is 3.65. The number of likely N-dealkylation sites (tertiary alicyclic amines) is 2. The molecule has 2 atom stereocenters. The van der Waals surface area contributed by atoms with Gasteiger partial charge in [-0.3, -0.25) is 14.7 Å². The van der Waals surface area contributed by atoms with Crippen LogP contribution in [0.5, 0.6) is 0 Å². The van der Waals surface area contributed by atoms with E-state index in [0.717, 1.165) is 44.1 Å². The third-order valence-electron chi connectivity index (χ3n) is 5.12. The molecule has 0 unspecified atom stereocenters. The zero-order valence-corrected chi connectivity index (χ0v) is 13.4. The quantitative estimate of drug-likeness (QED) is 0.865. The Labute approximate surface area is 136 Å². The van der Waals surface area contributed by atoms with Crippen molar-refractivity contribution in [2.75, 3.05) is 26.2 Å². The molecular weight excluding hydrogens is 288 g/mol. The van der Waals surface area contributed by atoms with E-state index in [1.165, 1.54) is 0 Å². The summed E-state index contributed by atoms with van der Waals surface area (Å²) in [6.45, 7) is 4.82. The van der Waals surface area contributed by atoms with Crippen LogP contribution in [0.3, 0.4) is 0 Å². The number of hydrogen-bond donors (Lipinski definition) is 0. The van der Waals surface area contributed by atoms with Crippen LogP contribution < -0.4 is 0 Å². The summed E-state index contributed by atoms with van der Waals surface area (Å²) in [6.07, 6.45) is 3.78. The van der Waals surface area contributed by atoms with Gasteiger partial charge in [0, 0.05) is 52.2 Å². The molecular formula is C18H22N4O. The van der Waals surface area contributed by atoms with Gasteiger partial charge < -0.3 is 9.47 Å². The van der Waals surface area contributed by atoms with Crippen molar-refractivity contribution < 1.29 is 4.79 Å². The summed E-state index contributed by atoms with van der Waals surface area (Å²) in [5, 5.41) is 0. The van der Waals surface area contributed by atoms with Crippen molar-refractivity contribution >= 4 is 5.91 Å². The van der Waals surface area contributed by atoms with Crippen LogP contribution in [0.2, 0.25) is 0 Å². The zero-order chi connectivity index (χ0) is 15.8. The van der Waals surface area contributed by atoms with Crippen LogP contribution in [-0.4, -0.2) is 51.4 Å². The van der Waals surface area contributed by atoms with E-state index < -0.39 is 0 Å². The molecule has 2 fully saturated rings. The van der Waals surface area contributed by atoms with Gasteiger partial charge in [-0.1, -0.05) is 6.07 Å². The summed E-state index contributed by atoms with van der Waals surface area (Å²) in [5.74, 6) is 1.37. The second kappa shape index (κ2) is 5.81. The van der Waals surface area contributed by atoms with Gasteiger partial charge in [0.1, 0.15) is 5.69 Å². The predicted octanol–water partition coefficient (Wildman–Crippen LogP) is 1.62. The first-order valence-electron chi connectivity index (χ1n) is 8.23. The van der Waals surface area contributed by atoms with E-state index in [1.807, 2.05) is 53.2 Å².